The van der Waals surface area contributed by atoms with Gasteiger partial charge in [0.05, 0.1) is 7.11 Å². The minimum Gasteiger partial charge on any atom is -0.465 e. The van der Waals surface area contributed by atoms with E-state index in [0.717, 1.165) is 6.54 Å². The SMILES string of the molecule is CCCC1(CNc2nc(Cl)c(C(=O)OC)s2)CC1. The zero-order valence-corrected chi connectivity index (χ0v) is 12.2. The number of esters is 1. The molecule has 1 saturated carbocycles. The molecule has 4 nitrogen and oxygen atoms in total. The number of aromatic nitrogens is 1. The van der Waals surface area contributed by atoms with E-state index in [2.05, 4.69) is 22.0 Å². The van der Waals surface area contributed by atoms with E-state index in [1.807, 2.05) is 0 Å². The van der Waals surface area contributed by atoms with Crippen LogP contribution in [0.25, 0.3) is 0 Å². The van der Waals surface area contributed by atoms with Crippen LogP contribution in [-0.4, -0.2) is 24.6 Å². The molecule has 0 spiro atoms. The average molecular weight is 289 g/mol. The third-order valence-electron chi connectivity index (χ3n) is 3.31. The Morgan fingerprint density at radius 3 is 2.89 bits per heavy atom. The lowest BCUT2D eigenvalue weighted by Gasteiger charge is -2.13. The summed E-state index contributed by atoms with van der Waals surface area (Å²) >= 11 is 7.15. The maximum absolute atomic E-state index is 11.4. The number of nitrogens with one attached hydrogen (secondary N) is 1. The maximum Gasteiger partial charge on any atom is 0.351 e. The Morgan fingerprint density at radius 2 is 2.33 bits per heavy atom. The Morgan fingerprint density at radius 1 is 1.61 bits per heavy atom. The predicted molar refractivity (Wildman–Crippen MR) is 73.5 cm³/mol. The van der Waals surface area contributed by atoms with Crippen LogP contribution in [0.15, 0.2) is 0 Å². The number of hydrogen-bond donors (Lipinski definition) is 1. The Kier molecular flexibility index (Phi) is 4.12. The number of methoxy groups -OCH3 is 1. The summed E-state index contributed by atoms with van der Waals surface area (Å²) in [6.45, 7) is 3.11. The summed E-state index contributed by atoms with van der Waals surface area (Å²) in [7, 11) is 1.34. The van der Waals surface area contributed by atoms with Gasteiger partial charge in [-0.05, 0) is 24.7 Å². The predicted octanol–water partition coefficient (Wildman–Crippen LogP) is 3.58. The zero-order chi connectivity index (χ0) is 13.2. The first-order chi connectivity index (χ1) is 8.60. The van der Waals surface area contributed by atoms with Gasteiger partial charge < -0.3 is 10.1 Å². The van der Waals surface area contributed by atoms with Crippen molar-refractivity contribution in [2.24, 2.45) is 5.41 Å². The summed E-state index contributed by atoms with van der Waals surface area (Å²) in [5.74, 6) is -0.430. The third-order valence-corrected chi connectivity index (χ3v) is 4.69. The normalized spacial score (nSPS) is 16.4. The van der Waals surface area contributed by atoms with Crippen LogP contribution >= 0.6 is 22.9 Å². The summed E-state index contributed by atoms with van der Waals surface area (Å²) in [5.41, 5.74) is 0.443. The van der Waals surface area contributed by atoms with Crippen molar-refractivity contribution in [1.29, 1.82) is 0 Å². The number of halogens is 1. The zero-order valence-electron chi connectivity index (χ0n) is 10.6. The fourth-order valence-electron chi connectivity index (χ4n) is 2.08. The van der Waals surface area contributed by atoms with Gasteiger partial charge in [0.25, 0.3) is 0 Å². The second-order valence-electron chi connectivity index (χ2n) is 4.73. The van der Waals surface area contributed by atoms with Gasteiger partial charge in [-0.2, -0.15) is 0 Å². The van der Waals surface area contributed by atoms with Crippen molar-refractivity contribution in [3.63, 3.8) is 0 Å². The molecule has 100 valence electrons. The van der Waals surface area contributed by atoms with Crippen LogP contribution in [0.3, 0.4) is 0 Å². The van der Waals surface area contributed by atoms with E-state index >= 15 is 0 Å². The van der Waals surface area contributed by atoms with Crippen LogP contribution in [0, 0.1) is 5.41 Å². The number of hydrogen-bond acceptors (Lipinski definition) is 5. The first kappa shape index (κ1) is 13.6. The Labute approximate surface area is 116 Å². The molecular weight excluding hydrogens is 272 g/mol. The molecule has 6 heteroatoms. The van der Waals surface area contributed by atoms with Crippen molar-refractivity contribution < 1.29 is 9.53 Å². The molecular formula is C12H17ClN2O2S. The fourth-order valence-corrected chi connectivity index (χ4v) is 3.18. The summed E-state index contributed by atoms with van der Waals surface area (Å²) in [4.78, 5) is 15.9. The van der Waals surface area contributed by atoms with Gasteiger partial charge in [-0.25, -0.2) is 9.78 Å². The highest BCUT2D eigenvalue weighted by Crippen LogP contribution is 2.49. The number of carbonyl (C=O) groups is 1. The van der Waals surface area contributed by atoms with Gasteiger partial charge in [0.1, 0.15) is 0 Å². The van der Waals surface area contributed by atoms with Gasteiger partial charge in [0.15, 0.2) is 15.2 Å². The minimum atomic E-state index is -0.430. The second kappa shape index (κ2) is 5.45. The summed E-state index contributed by atoms with van der Waals surface area (Å²) in [6.07, 6.45) is 4.99. The van der Waals surface area contributed by atoms with E-state index in [1.54, 1.807) is 0 Å². The molecule has 0 aliphatic heterocycles. The van der Waals surface area contributed by atoms with E-state index in [9.17, 15) is 4.79 Å². The first-order valence-electron chi connectivity index (χ1n) is 6.09. The lowest BCUT2D eigenvalue weighted by Crippen LogP contribution is -2.14. The van der Waals surface area contributed by atoms with E-state index in [1.165, 1.54) is 44.1 Å². The monoisotopic (exact) mass is 288 g/mol. The van der Waals surface area contributed by atoms with Gasteiger partial charge in [-0.1, -0.05) is 36.3 Å². The van der Waals surface area contributed by atoms with Gasteiger partial charge in [0.2, 0.25) is 0 Å². The Balaban J connectivity index is 1.96. The Hall–Kier alpha value is -0.810. The number of anilines is 1. The highest BCUT2D eigenvalue weighted by molar-refractivity contribution is 7.18. The lowest BCUT2D eigenvalue weighted by atomic mass is 10.0. The van der Waals surface area contributed by atoms with E-state index in [4.69, 9.17) is 11.6 Å². The largest absolute Gasteiger partial charge is 0.465 e. The smallest absolute Gasteiger partial charge is 0.351 e. The van der Waals surface area contributed by atoms with Crippen molar-refractivity contribution in [1.82, 2.24) is 4.98 Å². The van der Waals surface area contributed by atoms with Crippen molar-refractivity contribution in [3.05, 3.63) is 10.0 Å². The van der Waals surface area contributed by atoms with Crippen LogP contribution in [0.2, 0.25) is 5.15 Å². The second-order valence-corrected chi connectivity index (χ2v) is 6.09. The van der Waals surface area contributed by atoms with Gasteiger partial charge in [0, 0.05) is 6.54 Å². The highest BCUT2D eigenvalue weighted by Gasteiger charge is 2.41. The van der Waals surface area contributed by atoms with Crippen molar-refractivity contribution in [2.75, 3.05) is 19.0 Å². The number of nitrogens with zero attached hydrogens (tertiary/aromatic N) is 1. The number of ether oxygens (including phenoxy) is 1. The first-order valence-corrected chi connectivity index (χ1v) is 7.28. The van der Waals surface area contributed by atoms with E-state index < -0.39 is 5.97 Å². The topological polar surface area (TPSA) is 51.2 Å². The molecule has 0 unspecified atom stereocenters. The third kappa shape index (κ3) is 2.95. The standard InChI is InChI=1S/C12H17ClN2O2S/c1-3-4-12(5-6-12)7-14-11-15-9(13)8(18-11)10(16)17-2/h3-7H2,1-2H3,(H,14,15). The van der Waals surface area contributed by atoms with Crippen LogP contribution < -0.4 is 5.32 Å². The fraction of sp³-hybridized carbons (Fsp3) is 0.667. The molecule has 0 bridgehead atoms. The molecule has 1 aromatic rings. The lowest BCUT2D eigenvalue weighted by molar-refractivity contribution is 0.0606. The van der Waals surface area contributed by atoms with Gasteiger partial charge in [-0.3, -0.25) is 0 Å². The van der Waals surface area contributed by atoms with Crippen molar-refractivity contribution in [2.45, 2.75) is 32.6 Å². The molecule has 0 atom stereocenters. The molecule has 1 heterocycles. The number of carbonyl (C=O) groups excluding carboxylic acids is 1. The van der Waals surface area contributed by atoms with Gasteiger partial charge in [-0.15, -0.1) is 0 Å². The van der Waals surface area contributed by atoms with Crippen LogP contribution in [0.1, 0.15) is 42.3 Å². The summed E-state index contributed by atoms with van der Waals surface area (Å²) < 4.78 is 4.65. The minimum absolute atomic E-state index is 0.217. The molecule has 1 aromatic heterocycles. The molecule has 1 N–H and O–H groups in total. The maximum atomic E-state index is 11.4. The van der Waals surface area contributed by atoms with Crippen LogP contribution in [-0.2, 0) is 4.74 Å². The molecule has 18 heavy (non-hydrogen) atoms. The summed E-state index contributed by atoms with van der Waals surface area (Å²) in [5, 5.41) is 4.20. The average Bonchev–Trinajstić information content (AvgIpc) is 3.02. The van der Waals surface area contributed by atoms with Gasteiger partial charge >= 0.3 is 5.97 Å². The summed E-state index contributed by atoms with van der Waals surface area (Å²) in [6, 6.07) is 0. The molecule has 1 fully saturated rings. The molecule has 1 aliphatic rings. The number of rotatable bonds is 6. The van der Waals surface area contributed by atoms with Crippen LogP contribution in [0.4, 0.5) is 5.13 Å². The van der Waals surface area contributed by atoms with E-state index in [-0.39, 0.29) is 5.15 Å². The van der Waals surface area contributed by atoms with Crippen molar-refractivity contribution >= 4 is 34.0 Å². The van der Waals surface area contributed by atoms with E-state index in [0.29, 0.717) is 15.4 Å². The Bertz CT molecular complexity index is 443. The molecule has 0 saturated heterocycles. The molecule has 1 aliphatic carbocycles. The highest BCUT2D eigenvalue weighted by atomic mass is 35.5. The molecule has 0 aromatic carbocycles. The van der Waals surface area contributed by atoms with Crippen LogP contribution in [0.5, 0.6) is 0 Å². The quantitative estimate of drug-likeness (QED) is 0.813. The molecule has 0 amide bonds. The molecule has 0 radical (unpaired) electrons. The molecule has 2 rings (SSSR count). The van der Waals surface area contributed by atoms with Crippen molar-refractivity contribution in [3.8, 4) is 0 Å². The number of thiazole rings is 1.